The van der Waals surface area contributed by atoms with Gasteiger partial charge in [0.15, 0.2) is 0 Å². The fraction of sp³-hybridized carbons (Fsp3) is 0.800. The second-order valence-corrected chi connectivity index (χ2v) is 5.02. The van der Waals surface area contributed by atoms with Crippen molar-refractivity contribution in [3.05, 3.63) is 18.0 Å². The Morgan fingerprint density at radius 1 is 1.10 bits per heavy atom. The summed E-state index contributed by atoms with van der Waals surface area (Å²) in [5.41, 5.74) is 6.82. The van der Waals surface area contributed by atoms with Crippen molar-refractivity contribution in [3.8, 4) is 0 Å². The van der Waals surface area contributed by atoms with Crippen LogP contribution < -0.4 is 5.73 Å². The SMILES string of the molecule is CCCCOCCOCCOCCn1cc(C(C)N)cn1. The van der Waals surface area contributed by atoms with Gasteiger partial charge in [0.25, 0.3) is 0 Å². The van der Waals surface area contributed by atoms with Gasteiger partial charge in [-0.25, -0.2) is 0 Å². The first-order valence-corrected chi connectivity index (χ1v) is 7.75. The number of nitrogens with two attached hydrogens (primary N) is 1. The highest BCUT2D eigenvalue weighted by atomic mass is 16.5. The normalized spacial score (nSPS) is 12.7. The Balaban J connectivity index is 1.88. The third kappa shape index (κ3) is 8.83. The Bertz CT molecular complexity index is 356. The first-order valence-electron chi connectivity index (χ1n) is 7.75. The Morgan fingerprint density at radius 3 is 2.29 bits per heavy atom. The molecule has 0 spiro atoms. The van der Waals surface area contributed by atoms with E-state index in [1.54, 1.807) is 6.20 Å². The number of unbranched alkanes of at least 4 members (excludes halogenated alkanes) is 1. The van der Waals surface area contributed by atoms with E-state index in [1.165, 1.54) is 0 Å². The van der Waals surface area contributed by atoms with E-state index in [4.69, 9.17) is 19.9 Å². The van der Waals surface area contributed by atoms with Crippen molar-refractivity contribution < 1.29 is 14.2 Å². The van der Waals surface area contributed by atoms with Crippen molar-refractivity contribution >= 4 is 0 Å². The van der Waals surface area contributed by atoms with E-state index < -0.39 is 0 Å². The topological polar surface area (TPSA) is 71.5 Å². The molecule has 0 saturated carbocycles. The maximum Gasteiger partial charge on any atom is 0.0701 e. The second kappa shape index (κ2) is 11.7. The fourth-order valence-electron chi connectivity index (χ4n) is 1.68. The first-order chi connectivity index (χ1) is 10.2. The summed E-state index contributed by atoms with van der Waals surface area (Å²) in [5.74, 6) is 0. The number of rotatable bonds is 13. The Hall–Kier alpha value is -0.950. The lowest BCUT2D eigenvalue weighted by atomic mass is 10.2. The van der Waals surface area contributed by atoms with Crippen molar-refractivity contribution in [2.45, 2.75) is 39.3 Å². The van der Waals surface area contributed by atoms with Crippen LogP contribution in [0.25, 0.3) is 0 Å². The zero-order valence-corrected chi connectivity index (χ0v) is 13.3. The van der Waals surface area contributed by atoms with Crippen molar-refractivity contribution in [1.29, 1.82) is 0 Å². The highest BCUT2D eigenvalue weighted by Crippen LogP contribution is 2.06. The average Bonchev–Trinajstić information content (AvgIpc) is 2.94. The summed E-state index contributed by atoms with van der Waals surface area (Å²) in [6.45, 7) is 8.75. The molecule has 2 N–H and O–H groups in total. The van der Waals surface area contributed by atoms with Crippen LogP contribution in [0.2, 0.25) is 0 Å². The minimum absolute atomic E-state index is 0.0209. The number of hydrogen-bond acceptors (Lipinski definition) is 5. The van der Waals surface area contributed by atoms with Gasteiger partial charge in [0.2, 0.25) is 0 Å². The van der Waals surface area contributed by atoms with Crippen LogP contribution in [-0.2, 0) is 20.8 Å². The Labute approximate surface area is 127 Å². The lowest BCUT2D eigenvalue weighted by Crippen LogP contribution is -2.12. The number of ether oxygens (including phenoxy) is 3. The lowest BCUT2D eigenvalue weighted by molar-refractivity contribution is 0.0123. The molecule has 1 heterocycles. The van der Waals surface area contributed by atoms with Crippen LogP contribution in [0.5, 0.6) is 0 Å². The Morgan fingerprint density at radius 2 is 1.71 bits per heavy atom. The molecule has 1 unspecified atom stereocenters. The van der Waals surface area contributed by atoms with Gasteiger partial charge >= 0.3 is 0 Å². The fourth-order valence-corrected chi connectivity index (χ4v) is 1.68. The summed E-state index contributed by atoms with van der Waals surface area (Å²) in [4.78, 5) is 0. The molecule has 1 aromatic heterocycles. The third-order valence-electron chi connectivity index (χ3n) is 3.03. The maximum absolute atomic E-state index is 5.78. The van der Waals surface area contributed by atoms with Gasteiger partial charge in [-0.1, -0.05) is 13.3 Å². The van der Waals surface area contributed by atoms with E-state index >= 15 is 0 Å². The molecule has 1 rings (SSSR count). The summed E-state index contributed by atoms with van der Waals surface area (Å²) in [6, 6.07) is 0.0209. The van der Waals surface area contributed by atoms with E-state index in [1.807, 2.05) is 17.8 Å². The molecule has 0 aliphatic rings. The number of hydrogen-bond donors (Lipinski definition) is 1. The molecular weight excluding hydrogens is 270 g/mol. The predicted molar refractivity (Wildman–Crippen MR) is 82.2 cm³/mol. The minimum atomic E-state index is 0.0209. The molecule has 0 aliphatic carbocycles. The van der Waals surface area contributed by atoms with Crippen LogP contribution in [0.3, 0.4) is 0 Å². The quantitative estimate of drug-likeness (QED) is 0.562. The van der Waals surface area contributed by atoms with E-state index in [2.05, 4.69) is 12.0 Å². The summed E-state index contributed by atoms with van der Waals surface area (Å²) < 4.78 is 18.1. The monoisotopic (exact) mass is 299 g/mol. The summed E-state index contributed by atoms with van der Waals surface area (Å²) >= 11 is 0. The van der Waals surface area contributed by atoms with Crippen LogP contribution in [0.4, 0.5) is 0 Å². The first kappa shape index (κ1) is 18.1. The van der Waals surface area contributed by atoms with E-state index in [-0.39, 0.29) is 6.04 Å². The van der Waals surface area contributed by atoms with E-state index in [0.717, 1.165) is 31.6 Å². The van der Waals surface area contributed by atoms with Crippen molar-refractivity contribution in [2.75, 3.05) is 39.6 Å². The molecule has 6 heteroatoms. The van der Waals surface area contributed by atoms with Crippen molar-refractivity contribution in [3.63, 3.8) is 0 Å². The van der Waals surface area contributed by atoms with Gasteiger partial charge in [0.1, 0.15) is 0 Å². The van der Waals surface area contributed by atoms with Gasteiger partial charge in [0, 0.05) is 24.4 Å². The molecule has 0 aliphatic heterocycles. The summed E-state index contributed by atoms with van der Waals surface area (Å²) in [7, 11) is 0. The zero-order chi connectivity index (χ0) is 15.3. The van der Waals surface area contributed by atoms with Gasteiger partial charge in [-0.2, -0.15) is 5.10 Å². The molecular formula is C15H29N3O3. The standard InChI is InChI=1S/C15H29N3O3/c1-3-4-6-19-8-10-21-11-9-20-7-5-18-13-15(12-17-18)14(2)16/h12-14H,3-11,16H2,1-2H3. The molecule has 0 saturated heterocycles. The van der Waals surface area contributed by atoms with Crippen LogP contribution in [0.15, 0.2) is 12.4 Å². The highest BCUT2D eigenvalue weighted by molar-refractivity contribution is 5.07. The number of nitrogens with zero attached hydrogens (tertiary/aromatic N) is 2. The highest BCUT2D eigenvalue weighted by Gasteiger charge is 2.02. The molecule has 0 bridgehead atoms. The molecule has 6 nitrogen and oxygen atoms in total. The molecule has 0 fully saturated rings. The van der Waals surface area contributed by atoms with Crippen LogP contribution >= 0.6 is 0 Å². The predicted octanol–water partition coefficient (Wildman–Crippen LogP) is 1.75. The van der Waals surface area contributed by atoms with Crippen LogP contribution in [-0.4, -0.2) is 49.4 Å². The smallest absolute Gasteiger partial charge is 0.0701 e. The maximum atomic E-state index is 5.78. The van der Waals surface area contributed by atoms with Crippen LogP contribution in [0.1, 0.15) is 38.3 Å². The minimum Gasteiger partial charge on any atom is -0.379 e. The van der Waals surface area contributed by atoms with E-state index in [0.29, 0.717) is 33.0 Å². The van der Waals surface area contributed by atoms with E-state index in [9.17, 15) is 0 Å². The van der Waals surface area contributed by atoms with Crippen molar-refractivity contribution in [1.82, 2.24) is 9.78 Å². The second-order valence-electron chi connectivity index (χ2n) is 5.02. The molecule has 122 valence electrons. The average molecular weight is 299 g/mol. The summed E-state index contributed by atoms with van der Waals surface area (Å²) in [6.07, 6.45) is 6.03. The van der Waals surface area contributed by atoms with Gasteiger partial charge in [0.05, 0.1) is 45.8 Å². The van der Waals surface area contributed by atoms with Crippen molar-refractivity contribution in [2.24, 2.45) is 5.73 Å². The zero-order valence-electron chi connectivity index (χ0n) is 13.3. The molecule has 0 amide bonds. The van der Waals surface area contributed by atoms with Gasteiger partial charge in [-0.3, -0.25) is 4.68 Å². The van der Waals surface area contributed by atoms with Crippen LogP contribution in [0, 0.1) is 0 Å². The summed E-state index contributed by atoms with van der Waals surface area (Å²) in [5, 5.41) is 4.23. The largest absolute Gasteiger partial charge is 0.379 e. The molecule has 1 aromatic rings. The third-order valence-corrected chi connectivity index (χ3v) is 3.03. The lowest BCUT2D eigenvalue weighted by Gasteiger charge is -2.07. The van der Waals surface area contributed by atoms with Gasteiger partial charge < -0.3 is 19.9 Å². The Kier molecular flexibility index (Phi) is 10.1. The molecule has 0 radical (unpaired) electrons. The van der Waals surface area contributed by atoms with Gasteiger partial charge in [-0.05, 0) is 13.3 Å². The molecule has 0 aromatic carbocycles. The molecule has 1 atom stereocenters. The van der Waals surface area contributed by atoms with Gasteiger partial charge in [-0.15, -0.1) is 0 Å². The molecule has 21 heavy (non-hydrogen) atoms. The number of aromatic nitrogens is 2.